The minimum absolute atomic E-state index is 0.0144. The van der Waals surface area contributed by atoms with E-state index in [2.05, 4.69) is 11.4 Å². The number of amides is 2. The molecule has 1 aliphatic rings. The van der Waals surface area contributed by atoms with Crippen molar-refractivity contribution >= 4 is 40.9 Å². The molecule has 1 N–H and O–H groups in total. The number of nitrogens with one attached hydrogen (secondary N) is 1. The Kier molecular flexibility index (Phi) is 5.82. The van der Waals surface area contributed by atoms with Gasteiger partial charge in [-0.05, 0) is 92.3 Å². The van der Waals surface area contributed by atoms with Crippen LogP contribution in [0.15, 0.2) is 60.2 Å². The first-order chi connectivity index (χ1) is 15.8. The lowest BCUT2D eigenvalue weighted by atomic mass is 10.1. The largest absolute Gasteiger partial charge is 0.497 e. The fraction of sp³-hybridized carbons (Fsp3) is 0.120. The van der Waals surface area contributed by atoms with Crippen LogP contribution in [0.1, 0.15) is 22.5 Å². The second-order valence-corrected chi connectivity index (χ2v) is 7.86. The molecule has 2 heterocycles. The Morgan fingerprint density at radius 1 is 1.03 bits per heavy atom. The maximum Gasteiger partial charge on any atom is 0.270 e. The van der Waals surface area contributed by atoms with Crippen LogP contribution in [0.3, 0.4) is 0 Å². The van der Waals surface area contributed by atoms with Crippen molar-refractivity contribution in [2.75, 3.05) is 12.0 Å². The van der Waals surface area contributed by atoms with E-state index in [1.165, 1.54) is 4.90 Å². The van der Waals surface area contributed by atoms with Gasteiger partial charge in [-0.2, -0.15) is 5.26 Å². The first kappa shape index (κ1) is 22.0. The van der Waals surface area contributed by atoms with Gasteiger partial charge in [-0.15, -0.1) is 0 Å². The highest BCUT2D eigenvalue weighted by Gasteiger charge is 2.34. The molecule has 2 amide bonds. The van der Waals surface area contributed by atoms with E-state index in [1.807, 2.05) is 36.6 Å². The molecule has 0 unspecified atom stereocenters. The molecule has 4 rings (SSSR count). The van der Waals surface area contributed by atoms with E-state index in [4.69, 9.17) is 22.2 Å². The number of benzene rings is 2. The monoisotopic (exact) mass is 456 g/mol. The van der Waals surface area contributed by atoms with E-state index in [9.17, 15) is 9.59 Å². The average Bonchev–Trinajstić information content (AvgIpc) is 3.09. The number of methoxy groups -OCH3 is 1. The molecule has 164 valence electrons. The summed E-state index contributed by atoms with van der Waals surface area (Å²) in [6.07, 6.45) is 1.58. The van der Waals surface area contributed by atoms with Gasteiger partial charge in [-0.25, -0.2) is 0 Å². The van der Waals surface area contributed by atoms with Crippen LogP contribution in [0.5, 0.6) is 5.75 Å². The standard InChI is InChI=1S/C25H20N4O3S/c1-15-12-18(16(2)28(15)19-6-4-17(14-26)5-7-19)13-22-23(30)27-25(33)29(24(22)31)20-8-10-21(32-3)11-9-20/h4-13H,1-3H3,(H,27,30,33)/b22-13+. The van der Waals surface area contributed by atoms with E-state index < -0.39 is 11.8 Å². The zero-order chi connectivity index (χ0) is 23.7. The van der Waals surface area contributed by atoms with E-state index in [-0.39, 0.29) is 10.7 Å². The molecular weight excluding hydrogens is 436 g/mol. The Labute approximate surface area is 196 Å². The summed E-state index contributed by atoms with van der Waals surface area (Å²) in [5.74, 6) is -0.404. The van der Waals surface area contributed by atoms with Gasteiger partial charge in [0.1, 0.15) is 11.3 Å². The fourth-order valence-electron chi connectivity index (χ4n) is 3.79. The van der Waals surface area contributed by atoms with Crippen LogP contribution in [0.2, 0.25) is 0 Å². The third kappa shape index (κ3) is 4.02. The van der Waals surface area contributed by atoms with Gasteiger partial charge in [0.05, 0.1) is 24.4 Å². The lowest BCUT2D eigenvalue weighted by Gasteiger charge is -2.29. The van der Waals surface area contributed by atoms with Gasteiger partial charge in [0.2, 0.25) is 0 Å². The Morgan fingerprint density at radius 3 is 2.27 bits per heavy atom. The van der Waals surface area contributed by atoms with Gasteiger partial charge in [0.15, 0.2) is 5.11 Å². The summed E-state index contributed by atoms with van der Waals surface area (Å²) in [5.41, 5.74) is 4.48. The molecule has 3 aromatic rings. The van der Waals surface area contributed by atoms with Gasteiger partial charge >= 0.3 is 0 Å². The summed E-state index contributed by atoms with van der Waals surface area (Å²) in [6.45, 7) is 3.85. The summed E-state index contributed by atoms with van der Waals surface area (Å²) in [6, 6.07) is 18.1. The van der Waals surface area contributed by atoms with Crippen molar-refractivity contribution in [1.82, 2.24) is 9.88 Å². The summed E-state index contributed by atoms with van der Waals surface area (Å²) < 4.78 is 7.17. The Bertz CT molecular complexity index is 1350. The summed E-state index contributed by atoms with van der Waals surface area (Å²) in [5, 5.41) is 11.7. The highest BCUT2D eigenvalue weighted by Crippen LogP contribution is 2.27. The fourth-order valence-corrected chi connectivity index (χ4v) is 4.08. The zero-order valence-electron chi connectivity index (χ0n) is 18.2. The Morgan fingerprint density at radius 2 is 1.67 bits per heavy atom. The number of aromatic nitrogens is 1. The van der Waals surface area contributed by atoms with Crippen molar-refractivity contribution in [2.24, 2.45) is 0 Å². The minimum atomic E-state index is -0.544. The second kappa shape index (κ2) is 8.73. The van der Waals surface area contributed by atoms with Crippen LogP contribution in [0, 0.1) is 25.2 Å². The van der Waals surface area contributed by atoms with E-state index >= 15 is 0 Å². The molecule has 1 fully saturated rings. The minimum Gasteiger partial charge on any atom is -0.497 e. The van der Waals surface area contributed by atoms with Gasteiger partial charge in [0.25, 0.3) is 11.8 Å². The van der Waals surface area contributed by atoms with Gasteiger partial charge in [0, 0.05) is 17.1 Å². The average molecular weight is 457 g/mol. The SMILES string of the molecule is COc1ccc(N2C(=O)/C(=C/c3cc(C)n(-c4ccc(C#N)cc4)c3C)C(=O)NC2=S)cc1. The smallest absolute Gasteiger partial charge is 0.270 e. The van der Waals surface area contributed by atoms with Crippen LogP contribution in [-0.2, 0) is 9.59 Å². The topological polar surface area (TPSA) is 87.4 Å². The van der Waals surface area contributed by atoms with E-state index in [0.717, 1.165) is 22.6 Å². The van der Waals surface area contributed by atoms with Crippen LogP contribution in [0.4, 0.5) is 5.69 Å². The Balaban J connectivity index is 1.73. The molecule has 7 nitrogen and oxygen atoms in total. The number of rotatable bonds is 4. The third-order valence-corrected chi connectivity index (χ3v) is 5.74. The molecule has 0 bridgehead atoms. The molecule has 2 aromatic carbocycles. The highest BCUT2D eigenvalue weighted by atomic mass is 32.1. The quantitative estimate of drug-likeness (QED) is 0.367. The summed E-state index contributed by atoms with van der Waals surface area (Å²) >= 11 is 5.26. The number of hydrogen-bond donors (Lipinski definition) is 1. The first-order valence-corrected chi connectivity index (χ1v) is 10.5. The van der Waals surface area contributed by atoms with Crippen molar-refractivity contribution in [1.29, 1.82) is 5.26 Å². The molecule has 8 heteroatoms. The molecule has 0 atom stereocenters. The lowest BCUT2D eigenvalue weighted by molar-refractivity contribution is -0.122. The molecule has 1 saturated heterocycles. The first-order valence-electron chi connectivity index (χ1n) is 10.1. The molecule has 0 spiro atoms. The van der Waals surface area contributed by atoms with Crippen LogP contribution in [0.25, 0.3) is 11.8 Å². The van der Waals surface area contributed by atoms with Crippen molar-refractivity contribution in [3.05, 3.63) is 82.7 Å². The molecule has 1 aliphatic heterocycles. The predicted octanol–water partition coefficient (Wildman–Crippen LogP) is 3.81. The normalized spacial score (nSPS) is 14.9. The molecular formula is C25H20N4O3S. The number of hydrogen-bond acceptors (Lipinski definition) is 5. The van der Waals surface area contributed by atoms with Crippen molar-refractivity contribution < 1.29 is 14.3 Å². The number of anilines is 1. The number of nitriles is 1. The number of aryl methyl sites for hydroxylation is 1. The predicted molar refractivity (Wildman–Crippen MR) is 129 cm³/mol. The molecule has 0 radical (unpaired) electrons. The van der Waals surface area contributed by atoms with Crippen LogP contribution in [-0.4, -0.2) is 28.6 Å². The summed E-state index contributed by atoms with van der Waals surface area (Å²) in [4.78, 5) is 27.3. The van der Waals surface area contributed by atoms with Gasteiger partial charge in [-0.1, -0.05) is 0 Å². The van der Waals surface area contributed by atoms with E-state index in [0.29, 0.717) is 17.0 Å². The molecule has 0 saturated carbocycles. The van der Waals surface area contributed by atoms with Crippen molar-refractivity contribution in [2.45, 2.75) is 13.8 Å². The molecule has 0 aliphatic carbocycles. The van der Waals surface area contributed by atoms with Crippen LogP contribution >= 0.6 is 12.2 Å². The number of ether oxygens (including phenoxy) is 1. The molecule has 1 aromatic heterocycles. The molecule has 33 heavy (non-hydrogen) atoms. The van der Waals surface area contributed by atoms with Crippen LogP contribution < -0.4 is 15.0 Å². The van der Waals surface area contributed by atoms with E-state index in [1.54, 1.807) is 49.6 Å². The number of nitrogens with zero attached hydrogens (tertiary/aromatic N) is 3. The van der Waals surface area contributed by atoms with Gasteiger partial charge in [-0.3, -0.25) is 19.8 Å². The second-order valence-electron chi connectivity index (χ2n) is 7.48. The van der Waals surface area contributed by atoms with Crippen molar-refractivity contribution in [3.63, 3.8) is 0 Å². The maximum atomic E-state index is 13.3. The number of thiocarbonyl (C=S) groups is 1. The number of carbonyl (C=O) groups excluding carboxylic acids is 2. The zero-order valence-corrected chi connectivity index (χ0v) is 19.1. The lowest BCUT2D eigenvalue weighted by Crippen LogP contribution is -2.54. The number of carbonyl (C=O) groups is 2. The third-order valence-electron chi connectivity index (χ3n) is 5.46. The maximum absolute atomic E-state index is 13.3. The van der Waals surface area contributed by atoms with Crippen molar-refractivity contribution in [3.8, 4) is 17.5 Å². The Hall–Kier alpha value is -4.22. The summed E-state index contributed by atoms with van der Waals surface area (Å²) in [7, 11) is 1.56. The van der Waals surface area contributed by atoms with Gasteiger partial charge < -0.3 is 9.30 Å². The highest BCUT2D eigenvalue weighted by molar-refractivity contribution is 7.80.